The summed E-state index contributed by atoms with van der Waals surface area (Å²) in [5.74, 6) is 1.19. The van der Waals surface area contributed by atoms with Crippen molar-refractivity contribution in [2.45, 2.75) is 38.6 Å². The first-order chi connectivity index (χ1) is 11.2. The van der Waals surface area contributed by atoms with Gasteiger partial charge in [0.15, 0.2) is 0 Å². The fourth-order valence-electron chi connectivity index (χ4n) is 2.90. The van der Waals surface area contributed by atoms with Gasteiger partial charge in [-0.25, -0.2) is 0 Å². The fourth-order valence-corrected chi connectivity index (χ4v) is 2.90. The molecular weight excluding hydrogens is 296 g/mol. The third-order valence-corrected chi connectivity index (χ3v) is 4.02. The van der Waals surface area contributed by atoms with Crippen molar-refractivity contribution in [1.82, 2.24) is 20.0 Å². The van der Waals surface area contributed by atoms with Crippen molar-refractivity contribution in [3.63, 3.8) is 0 Å². The lowest BCUT2D eigenvalue weighted by molar-refractivity contribution is -0.132. The van der Waals surface area contributed by atoms with Crippen LogP contribution in [-0.4, -0.2) is 39.6 Å². The lowest BCUT2D eigenvalue weighted by Gasteiger charge is -2.24. The Morgan fingerprint density at radius 3 is 3.09 bits per heavy atom. The van der Waals surface area contributed by atoms with E-state index in [4.69, 9.17) is 9.26 Å². The minimum absolute atomic E-state index is 0.0270. The molecule has 0 aliphatic carbocycles. The van der Waals surface area contributed by atoms with Crippen molar-refractivity contribution >= 4 is 5.91 Å². The summed E-state index contributed by atoms with van der Waals surface area (Å²) >= 11 is 0. The lowest BCUT2D eigenvalue weighted by Crippen LogP contribution is -2.31. The molecule has 1 amide bonds. The third-order valence-electron chi connectivity index (χ3n) is 4.02. The molecule has 1 aliphatic heterocycles. The highest BCUT2D eigenvalue weighted by atomic mass is 16.5. The van der Waals surface area contributed by atoms with Gasteiger partial charge in [0.05, 0.1) is 30.7 Å². The zero-order valence-corrected chi connectivity index (χ0v) is 13.4. The number of nitrogens with zero attached hydrogens (tertiary/aromatic N) is 4. The van der Waals surface area contributed by atoms with Gasteiger partial charge >= 0.3 is 0 Å². The maximum Gasteiger partial charge on any atom is 0.254 e. The molecule has 1 fully saturated rings. The number of likely N-dealkylation sites (tertiary alicyclic amines) is 1. The number of aryl methyl sites for hydroxylation is 2. The first-order valence-electron chi connectivity index (χ1n) is 7.75. The molecule has 23 heavy (non-hydrogen) atoms. The number of carbonyl (C=O) groups is 1. The maximum absolute atomic E-state index is 12.5. The molecule has 0 spiro atoms. The predicted molar refractivity (Wildman–Crippen MR) is 81.8 cm³/mol. The van der Waals surface area contributed by atoms with Crippen LogP contribution in [0.2, 0.25) is 0 Å². The molecule has 3 heterocycles. The van der Waals surface area contributed by atoms with Crippen molar-refractivity contribution in [1.29, 1.82) is 0 Å². The summed E-state index contributed by atoms with van der Waals surface area (Å²) in [6.07, 6.45) is 6.29. The number of rotatable bonds is 5. The molecule has 7 heteroatoms. The van der Waals surface area contributed by atoms with E-state index in [1.807, 2.05) is 11.8 Å². The molecule has 1 aliphatic rings. The normalized spacial score (nSPS) is 17.5. The van der Waals surface area contributed by atoms with Crippen LogP contribution in [0.1, 0.15) is 42.5 Å². The van der Waals surface area contributed by atoms with E-state index < -0.39 is 0 Å². The second-order valence-electron chi connectivity index (χ2n) is 5.67. The molecular formula is C16H20N4O3. The Morgan fingerprint density at radius 2 is 2.35 bits per heavy atom. The molecule has 0 saturated carbocycles. The average molecular weight is 316 g/mol. The number of aromatic nitrogens is 3. The van der Waals surface area contributed by atoms with E-state index in [1.165, 1.54) is 7.11 Å². The highest BCUT2D eigenvalue weighted by Crippen LogP contribution is 2.31. The predicted octanol–water partition coefficient (Wildman–Crippen LogP) is 2.08. The van der Waals surface area contributed by atoms with Crippen LogP contribution in [0.15, 0.2) is 23.0 Å². The van der Waals surface area contributed by atoms with Crippen molar-refractivity contribution in [2.24, 2.45) is 0 Å². The van der Waals surface area contributed by atoms with E-state index >= 15 is 0 Å². The molecule has 2 aromatic rings. The summed E-state index contributed by atoms with van der Waals surface area (Å²) in [6.45, 7) is 2.67. The van der Waals surface area contributed by atoms with Crippen molar-refractivity contribution < 1.29 is 14.1 Å². The highest BCUT2D eigenvalue weighted by Gasteiger charge is 2.31. The van der Waals surface area contributed by atoms with Crippen molar-refractivity contribution in [3.05, 3.63) is 35.6 Å². The van der Waals surface area contributed by atoms with Gasteiger partial charge in [0.25, 0.3) is 5.88 Å². The van der Waals surface area contributed by atoms with E-state index in [1.54, 1.807) is 18.5 Å². The molecule has 0 unspecified atom stereocenters. The second-order valence-corrected chi connectivity index (χ2v) is 5.67. The minimum atomic E-state index is 0.0270. The van der Waals surface area contributed by atoms with Crippen LogP contribution >= 0.6 is 0 Å². The number of carbonyl (C=O) groups excluding carboxylic acids is 1. The Kier molecular flexibility index (Phi) is 4.55. The Balaban J connectivity index is 1.63. The van der Waals surface area contributed by atoms with E-state index in [0.717, 1.165) is 30.8 Å². The Bertz CT molecular complexity index is 685. The number of hydrogen-bond acceptors (Lipinski definition) is 6. The zero-order chi connectivity index (χ0) is 16.2. The standard InChI is InChI=1S/C16H20N4O3/c1-11-9-17-10-13(18-11)14-4-3-7-20(14)16(21)6-5-12-8-15(22-2)19-23-12/h8-10,14H,3-7H2,1-2H3/t14-/m1/s1. The summed E-state index contributed by atoms with van der Waals surface area (Å²) < 4.78 is 10.1. The number of ether oxygens (including phenoxy) is 1. The molecule has 1 saturated heterocycles. The molecule has 0 aromatic carbocycles. The lowest BCUT2D eigenvalue weighted by atomic mass is 10.1. The van der Waals surface area contributed by atoms with Crippen LogP contribution in [0, 0.1) is 6.92 Å². The van der Waals surface area contributed by atoms with Crippen molar-refractivity contribution in [2.75, 3.05) is 13.7 Å². The van der Waals surface area contributed by atoms with Crippen LogP contribution in [-0.2, 0) is 11.2 Å². The van der Waals surface area contributed by atoms with Gasteiger partial charge in [0.2, 0.25) is 5.91 Å². The quantitative estimate of drug-likeness (QED) is 0.840. The van der Waals surface area contributed by atoms with Crippen LogP contribution in [0.4, 0.5) is 0 Å². The SMILES string of the molecule is COc1cc(CCC(=O)N2CCC[C@@H]2c2cncc(C)n2)on1. The van der Waals surface area contributed by atoms with E-state index in [-0.39, 0.29) is 11.9 Å². The molecule has 0 radical (unpaired) electrons. The summed E-state index contributed by atoms with van der Waals surface area (Å²) in [6, 6.07) is 1.74. The molecule has 0 bridgehead atoms. The van der Waals surface area contributed by atoms with Gasteiger partial charge < -0.3 is 14.2 Å². The van der Waals surface area contributed by atoms with Crippen LogP contribution in [0.5, 0.6) is 5.88 Å². The first-order valence-corrected chi connectivity index (χ1v) is 7.75. The molecule has 3 rings (SSSR count). The summed E-state index contributed by atoms with van der Waals surface area (Å²) in [5.41, 5.74) is 1.74. The minimum Gasteiger partial charge on any atom is -0.479 e. The second kappa shape index (κ2) is 6.76. The van der Waals surface area contributed by atoms with Crippen molar-refractivity contribution in [3.8, 4) is 5.88 Å². The van der Waals surface area contributed by atoms with Gasteiger partial charge in [-0.1, -0.05) is 0 Å². The van der Waals surface area contributed by atoms with Gasteiger partial charge in [-0.3, -0.25) is 14.8 Å². The van der Waals surface area contributed by atoms with Crippen LogP contribution < -0.4 is 4.74 Å². The largest absolute Gasteiger partial charge is 0.479 e. The highest BCUT2D eigenvalue weighted by molar-refractivity contribution is 5.77. The van der Waals surface area contributed by atoms with E-state index in [0.29, 0.717) is 24.5 Å². The van der Waals surface area contributed by atoms with Crippen LogP contribution in [0.3, 0.4) is 0 Å². The van der Waals surface area contributed by atoms with Crippen LogP contribution in [0.25, 0.3) is 0 Å². The fraction of sp³-hybridized carbons (Fsp3) is 0.500. The zero-order valence-electron chi connectivity index (χ0n) is 13.4. The number of hydrogen-bond donors (Lipinski definition) is 0. The smallest absolute Gasteiger partial charge is 0.254 e. The molecule has 0 N–H and O–H groups in total. The van der Waals surface area contributed by atoms with E-state index in [9.17, 15) is 4.79 Å². The summed E-state index contributed by atoms with van der Waals surface area (Å²) in [7, 11) is 1.53. The first kappa shape index (κ1) is 15.5. The maximum atomic E-state index is 12.5. The molecule has 1 atom stereocenters. The number of amides is 1. The molecule has 122 valence electrons. The van der Waals surface area contributed by atoms with Gasteiger partial charge in [-0.15, -0.1) is 0 Å². The van der Waals surface area contributed by atoms with Gasteiger partial charge in [0.1, 0.15) is 5.76 Å². The molecule has 7 nitrogen and oxygen atoms in total. The summed E-state index contributed by atoms with van der Waals surface area (Å²) in [5, 5.41) is 3.74. The Hall–Kier alpha value is -2.44. The Morgan fingerprint density at radius 1 is 1.48 bits per heavy atom. The molecule has 2 aromatic heterocycles. The van der Waals surface area contributed by atoms with Gasteiger partial charge in [-0.05, 0) is 24.9 Å². The monoisotopic (exact) mass is 316 g/mol. The topological polar surface area (TPSA) is 81.4 Å². The Labute approximate surface area is 134 Å². The van der Waals surface area contributed by atoms with Gasteiger partial charge in [-0.2, -0.15) is 0 Å². The third kappa shape index (κ3) is 3.49. The van der Waals surface area contributed by atoms with Gasteiger partial charge in [0, 0.05) is 31.6 Å². The van der Waals surface area contributed by atoms with E-state index in [2.05, 4.69) is 15.1 Å². The summed E-state index contributed by atoms with van der Waals surface area (Å²) in [4.78, 5) is 23.2. The number of methoxy groups -OCH3 is 1. The average Bonchev–Trinajstić information content (AvgIpc) is 3.21.